The van der Waals surface area contributed by atoms with E-state index in [1.54, 1.807) is 73.7 Å². The fraction of sp³-hybridized carbons (Fsp3) is 0.138. The lowest BCUT2D eigenvalue weighted by molar-refractivity contribution is -0.122. The van der Waals surface area contributed by atoms with Crippen molar-refractivity contribution in [3.8, 4) is 11.5 Å². The minimum atomic E-state index is -0.822. The molecule has 0 saturated carbocycles. The Balaban J connectivity index is 1.72. The van der Waals surface area contributed by atoms with Crippen molar-refractivity contribution >= 4 is 29.6 Å². The van der Waals surface area contributed by atoms with Gasteiger partial charge < -0.3 is 9.47 Å². The number of halogens is 1. The number of carbonyl (C=O) groups is 3. The molecule has 8 heteroatoms. The molecule has 37 heavy (non-hydrogen) atoms. The number of amides is 4. The van der Waals surface area contributed by atoms with Gasteiger partial charge in [0.25, 0.3) is 11.8 Å². The Kier molecular flexibility index (Phi) is 7.78. The predicted molar refractivity (Wildman–Crippen MR) is 138 cm³/mol. The Labute approximate surface area is 213 Å². The third kappa shape index (κ3) is 5.59. The molecule has 0 atom stereocenters. The number of hydrogen-bond donors (Lipinski definition) is 1. The highest BCUT2D eigenvalue weighted by molar-refractivity contribution is 6.39. The lowest BCUT2D eigenvalue weighted by Gasteiger charge is -2.26. The van der Waals surface area contributed by atoms with Crippen molar-refractivity contribution in [1.29, 1.82) is 0 Å². The van der Waals surface area contributed by atoms with Crippen LogP contribution >= 0.6 is 0 Å². The van der Waals surface area contributed by atoms with Crippen molar-refractivity contribution in [3.05, 3.63) is 107 Å². The smallest absolute Gasteiger partial charge is 0.335 e. The number of anilines is 1. The van der Waals surface area contributed by atoms with Crippen LogP contribution in [0.5, 0.6) is 11.5 Å². The monoisotopic (exact) mass is 500 g/mol. The summed E-state index contributed by atoms with van der Waals surface area (Å²) in [6, 6.07) is 17.2. The first-order valence-corrected chi connectivity index (χ1v) is 11.7. The first-order valence-electron chi connectivity index (χ1n) is 11.7. The molecule has 1 N–H and O–H groups in total. The van der Waals surface area contributed by atoms with Crippen molar-refractivity contribution in [2.45, 2.75) is 20.0 Å². The average molecular weight is 501 g/mol. The molecule has 1 aliphatic rings. The van der Waals surface area contributed by atoms with Crippen molar-refractivity contribution in [2.24, 2.45) is 0 Å². The molecule has 0 aliphatic carbocycles. The second-order valence-corrected chi connectivity index (χ2v) is 8.11. The van der Waals surface area contributed by atoms with Gasteiger partial charge in [0.05, 0.1) is 12.3 Å². The van der Waals surface area contributed by atoms with E-state index in [4.69, 9.17) is 9.47 Å². The molecule has 1 aliphatic heterocycles. The number of ether oxygens (including phenoxy) is 2. The maximum atomic E-state index is 14.1. The number of nitrogens with zero attached hydrogens (tertiary/aromatic N) is 1. The lowest BCUT2D eigenvalue weighted by Crippen LogP contribution is -2.54. The summed E-state index contributed by atoms with van der Waals surface area (Å²) in [5.41, 5.74) is 1.66. The Morgan fingerprint density at radius 1 is 0.973 bits per heavy atom. The second kappa shape index (κ2) is 11.3. The van der Waals surface area contributed by atoms with Gasteiger partial charge in [-0.2, -0.15) is 0 Å². The van der Waals surface area contributed by atoms with E-state index in [0.29, 0.717) is 46.9 Å². The lowest BCUT2D eigenvalue weighted by atomic mass is 10.0. The zero-order valence-corrected chi connectivity index (χ0v) is 20.2. The van der Waals surface area contributed by atoms with E-state index in [2.05, 4.69) is 11.9 Å². The number of nitrogens with one attached hydrogen (secondary N) is 1. The summed E-state index contributed by atoms with van der Waals surface area (Å²) < 4.78 is 25.9. The van der Waals surface area contributed by atoms with Gasteiger partial charge in [0.2, 0.25) is 0 Å². The molecular formula is C29H25FN2O5. The normalized spacial score (nSPS) is 14.5. The molecule has 0 radical (unpaired) electrons. The number of para-hydroxylation sites is 1. The third-order valence-electron chi connectivity index (χ3n) is 5.58. The zero-order valence-electron chi connectivity index (χ0n) is 20.2. The number of allylic oxidation sites excluding steroid dienone is 1. The average Bonchev–Trinajstić information content (AvgIpc) is 2.88. The molecule has 4 amide bonds. The molecule has 3 aromatic rings. The van der Waals surface area contributed by atoms with Crippen molar-refractivity contribution in [1.82, 2.24) is 5.32 Å². The van der Waals surface area contributed by atoms with Crippen LogP contribution in [0, 0.1) is 5.82 Å². The van der Waals surface area contributed by atoms with Crippen molar-refractivity contribution in [3.63, 3.8) is 0 Å². The minimum Gasteiger partial charge on any atom is -0.490 e. The maximum absolute atomic E-state index is 14.1. The van der Waals surface area contributed by atoms with Crippen LogP contribution in [-0.4, -0.2) is 24.5 Å². The first-order chi connectivity index (χ1) is 17.9. The first kappa shape index (κ1) is 25.4. The van der Waals surface area contributed by atoms with Crippen LogP contribution in [0.1, 0.15) is 23.6 Å². The molecule has 3 aromatic carbocycles. The van der Waals surface area contributed by atoms with Crippen LogP contribution in [0.15, 0.2) is 85.0 Å². The summed E-state index contributed by atoms with van der Waals surface area (Å²) >= 11 is 0. The van der Waals surface area contributed by atoms with Crippen LogP contribution < -0.4 is 19.7 Å². The van der Waals surface area contributed by atoms with Crippen molar-refractivity contribution < 1.29 is 28.2 Å². The minimum absolute atomic E-state index is 0.0215. The van der Waals surface area contributed by atoms with Gasteiger partial charge >= 0.3 is 6.03 Å². The maximum Gasteiger partial charge on any atom is 0.335 e. The summed E-state index contributed by atoms with van der Waals surface area (Å²) in [5, 5.41) is 2.21. The van der Waals surface area contributed by atoms with E-state index in [1.807, 2.05) is 0 Å². The third-order valence-corrected chi connectivity index (χ3v) is 5.58. The predicted octanol–water partition coefficient (Wildman–Crippen LogP) is 5.20. The van der Waals surface area contributed by atoms with Gasteiger partial charge in [-0.25, -0.2) is 14.1 Å². The summed E-state index contributed by atoms with van der Waals surface area (Å²) in [6.07, 6.45) is 3.46. The van der Waals surface area contributed by atoms with Crippen LogP contribution in [-0.2, 0) is 22.6 Å². The van der Waals surface area contributed by atoms with E-state index in [1.165, 1.54) is 12.1 Å². The van der Waals surface area contributed by atoms with Gasteiger partial charge in [-0.3, -0.25) is 14.9 Å². The van der Waals surface area contributed by atoms with Gasteiger partial charge in [0.1, 0.15) is 18.0 Å². The molecule has 1 saturated heterocycles. The Morgan fingerprint density at radius 2 is 1.70 bits per heavy atom. The van der Waals surface area contributed by atoms with E-state index in [9.17, 15) is 18.8 Å². The molecule has 0 spiro atoms. The fourth-order valence-electron chi connectivity index (χ4n) is 3.90. The molecular weight excluding hydrogens is 475 g/mol. The van der Waals surface area contributed by atoms with E-state index in [0.717, 1.165) is 4.90 Å². The quantitative estimate of drug-likeness (QED) is 0.248. The van der Waals surface area contributed by atoms with Gasteiger partial charge in [-0.05, 0) is 55.3 Å². The molecule has 4 rings (SSSR count). The molecule has 0 aromatic heterocycles. The highest BCUT2D eigenvalue weighted by atomic mass is 19.1. The molecule has 1 fully saturated rings. The Hall–Kier alpha value is -4.72. The number of urea groups is 1. The molecule has 0 bridgehead atoms. The topological polar surface area (TPSA) is 84.9 Å². The summed E-state index contributed by atoms with van der Waals surface area (Å²) in [4.78, 5) is 39.2. The van der Waals surface area contributed by atoms with E-state index >= 15 is 0 Å². The van der Waals surface area contributed by atoms with Crippen LogP contribution in [0.25, 0.3) is 6.08 Å². The standard InChI is InChI=1S/C29H25FN2O5/c1-3-10-20-15-19(17-25(36-4-2)26(20)37-18-21-11-8-9-14-24(21)30)16-23-27(33)31-29(35)32(28(23)34)22-12-6-5-7-13-22/h3,5-9,11-17H,1,4,10,18H2,2H3,(H,31,33,35)/b23-16+. The van der Waals surface area contributed by atoms with Gasteiger partial charge in [0.15, 0.2) is 11.5 Å². The van der Waals surface area contributed by atoms with E-state index < -0.39 is 17.8 Å². The molecule has 7 nitrogen and oxygen atoms in total. The fourth-order valence-corrected chi connectivity index (χ4v) is 3.90. The number of carbonyl (C=O) groups excluding carboxylic acids is 3. The Morgan fingerprint density at radius 3 is 2.41 bits per heavy atom. The van der Waals surface area contributed by atoms with Crippen molar-refractivity contribution in [2.75, 3.05) is 11.5 Å². The Bertz CT molecular complexity index is 1380. The largest absolute Gasteiger partial charge is 0.490 e. The number of benzene rings is 3. The van der Waals surface area contributed by atoms with Crippen LogP contribution in [0.4, 0.5) is 14.9 Å². The highest BCUT2D eigenvalue weighted by Crippen LogP contribution is 2.36. The van der Waals surface area contributed by atoms with Crippen LogP contribution in [0.2, 0.25) is 0 Å². The summed E-state index contributed by atoms with van der Waals surface area (Å²) in [6.45, 7) is 5.90. The second-order valence-electron chi connectivity index (χ2n) is 8.11. The highest BCUT2D eigenvalue weighted by Gasteiger charge is 2.36. The van der Waals surface area contributed by atoms with E-state index in [-0.39, 0.29) is 18.0 Å². The number of imide groups is 2. The molecule has 0 unspecified atom stereocenters. The SMILES string of the molecule is C=CCc1cc(/C=C2\C(=O)NC(=O)N(c3ccccc3)C2=O)cc(OCC)c1OCc1ccccc1F. The van der Waals surface area contributed by atoms with Gasteiger partial charge in [-0.15, -0.1) is 6.58 Å². The van der Waals surface area contributed by atoms with Gasteiger partial charge in [0, 0.05) is 11.1 Å². The van der Waals surface area contributed by atoms with Gasteiger partial charge in [-0.1, -0.05) is 42.5 Å². The number of hydrogen-bond acceptors (Lipinski definition) is 5. The number of barbiturate groups is 1. The number of rotatable bonds is 9. The molecule has 1 heterocycles. The molecule has 188 valence electrons. The van der Waals surface area contributed by atoms with Crippen LogP contribution in [0.3, 0.4) is 0 Å². The summed E-state index contributed by atoms with van der Waals surface area (Å²) in [7, 11) is 0. The summed E-state index contributed by atoms with van der Waals surface area (Å²) in [5.74, 6) is -1.16. The zero-order chi connectivity index (χ0) is 26.4.